The van der Waals surface area contributed by atoms with E-state index < -0.39 is 18.3 Å². The van der Waals surface area contributed by atoms with Gasteiger partial charge in [-0.1, -0.05) is 12.1 Å². The molecule has 1 rings (SSSR count). The molecule has 0 bridgehead atoms. The fraction of sp³-hybridized carbons (Fsp3) is 0.111. The average molecular weight is 214 g/mol. The van der Waals surface area contributed by atoms with Crippen LogP contribution in [0, 0.1) is 0 Å². The first-order valence-corrected chi connectivity index (χ1v) is 3.88. The van der Waals surface area contributed by atoms with Crippen molar-refractivity contribution >= 4 is 11.9 Å². The lowest BCUT2D eigenvalue weighted by molar-refractivity contribution is -0.153. The van der Waals surface area contributed by atoms with Gasteiger partial charge in [-0.15, -0.1) is 0 Å². The molecule has 0 radical (unpaired) electrons. The lowest BCUT2D eigenvalue weighted by Gasteiger charge is -2.09. The molecule has 1 aromatic rings. The fourth-order valence-electron chi connectivity index (χ4n) is 0.908. The summed E-state index contributed by atoms with van der Waals surface area (Å²) < 4.78 is 17.0. The molecule has 0 amide bonds. The number of ether oxygens (including phenoxy) is 1. The highest BCUT2D eigenvalue weighted by Crippen LogP contribution is 2.19. The van der Waals surface area contributed by atoms with Crippen molar-refractivity contribution in [3.63, 3.8) is 0 Å². The number of halogens is 1. The summed E-state index contributed by atoms with van der Waals surface area (Å²) in [6, 6.07) is 5.20. The van der Waals surface area contributed by atoms with Gasteiger partial charge in [-0.25, -0.2) is 9.59 Å². The molecule has 1 atom stereocenters. The van der Waals surface area contributed by atoms with Crippen molar-refractivity contribution in [2.75, 3.05) is 0 Å². The molecule has 0 fully saturated rings. The zero-order valence-corrected chi connectivity index (χ0v) is 7.38. The normalized spacial score (nSPS) is 11.8. The first-order valence-electron chi connectivity index (χ1n) is 3.88. The summed E-state index contributed by atoms with van der Waals surface area (Å²) >= 11 is 0. The summed E-state index contributed by atoms with van der Waals surface area (Å²) in [7, 11) is 0. The first-order chi connectivity index (χ1) is 7.02. The quantitative estimate of drug-likeness (QED) is 0.785. The maximum absolute atomic E-state index is 12.6. The lowest BCUT2D eigenvalue weighted by Crippen LogP contribution is -2.22. The van der Waals surface area contributed by atoms with Crippen molar-refractivity contribution < 1.29 is 28.9 Å². The Hall–Kier alpha value is -2.11. The van der Waals surface area contributed by atoms with Crippen LogP contribution in [0.15, 0.2) is 24.3 Å². The second kappa shape index (κ2) is 4.41. The highest BCUT2D eigenvalue weighted by Gasteiger charge is 2.20. The second-order valence-electron chi connectivity index (χ2n) is 2.57. The maximum atomic E-state index is 12.6. The van der Waals surface area contributed by atoms with Crippen molar-refractivity contribution in [3.05, 3.63) is 29.8 Å². The molecule has 0 spiro atoms. The van der Waals surface area contributed by atoms with Crippen molar-refractivity contribution in [3.8, 4) is 5.75 Å². The summed E-state index contributed by atoms with van der Waals surface area (Å²) in [5, 5.41) is 16.9. The number of carboxylic acid groups (broad SMARTS) is 2. The number of hydrogen-bond acceptors (Lipinski definition) is 3. The molecule has 0 saturated carbocycles. The van der Waals surface area contributed by atoms with Gasteiger partial charge in [0, 0.05) is 0 Å². The Labute approximate surface area is 83.7 Å². The summed E-state index contributed by atoms with van der Waals surface area (Å²) in [4.78, 5) is 20.8. The molecule has 6 heteroatoms. The van der Waals surface area contributed by atoms with E-state index in [2.05, 4.69) is 4.74 Å². The minimum Gasteiger partial charge on any atom is -0.478 e. The van der Waals surface area contributed by atoms with Crippen molar-refractivity contribution in [2.45, 2.75) is 6.36 Å². The third-order valence-electron chi connectivity index (χ3n) is 1.54. The van der Waals surface area contributed by atoms with E-state index in [0.29, 0.717) is 0 Å². The molecule has 0 heterocycles. The molecule has 1 unspecified atom stereocenters. The highest BCUT2D eigenvalue weighted by atomic mass is 19.1. The van der Waals surface area contributed by atoms with Crippen LogP contribution in [0.2, 0.25) is 0 Å². The Kier molecular flexibility index (Phi) is 3.22. The molecule has 80 valence electrons. The molecule has 0 aliphatic rings. The number of hydrogen-bond donors (Lipinski definition) is 2. The summed E-state index contributed by atoms with van der Waals surface area (Å²) in [5.41, 5.74) is -0.290. The lowest BCUT2D eigenvalue weighted by atomic mass is 10.2. The second-order valence-corrected chi connectivity index (χ2v) is 2.57. The minimum absolute atomic E-state index is 0.290. The summed E-state index contributed by atoms with van der Waals surface area (Å²) in [6.45, 7) is 0. The number of carbonyl (C=O) groups is 2. The summed E-state index contributed by atoms with van der Waals surface area (Å²) in [6.07, 6.45) is -2.58. The van der Waals surface area contributed by atoms with E-state index >= 15 is 0 Å². The van der Waals surface area contributed by atoms with Crippen LogP contribution < -0.4 is 4.74 Å². The van der Waals surface area contributed by atoms with Crippen LogP contribution >= 0.6 is 0 Å². The van der Waals surface area contributed by atoms with Gasteiger partial charge in [0.25, 0.3) is 0 Å². The van der Waals surface area contributed by atoms with E-state index in [1.54, 1.807) is 0 Å². The number of benzene rings is 1. The van der Waals surface area contributed by atoms with E-state index in [0.717, 1.165) is 0 Å². The van der Waals surface area contributed by atoms with Crippen LogP contribution in [0.1, 0.15) is 10.4 Å². The number of aliphatic carboxylic acids is 1. The van der Waals surface area contributed by atoms with Gasteiger partial charge in [-0.3, -0.25) is 0 Å². The molecular weight excluding hydrogens is 207 g/mol. The Morgan fingerprint density at radius 2 is 1.87 bits per heavy atom. The van der Waals surface area contributed by atoms with E-state index in [9.17, 15) is 14.0 Å². The maximum Gasteiger partial charge on any atom is 0.378 e. The highest BCUT2D eigenvalue weighted by molar-refractivity contribution is 5.90. The van der Waals surface area contributed by atoms with E-state index in [4.69, 9.17) is 10.2 Å². The molecule has 0 aliphatic heterocycles. The standard InChI is InChI=1S/C9H7FO5/c10-7(9(13)14)15-6-4-2-1-3-5(6)8(11)12/h1-4,7H,(H,11,12)(H,13,14). The van der Waals surface area contributed by atoms with Gasteiger partial charge in [0.2, 0.25) is 0 Å². The Morgan fingerprint density at radius 1 is 1.27 bits per heavy atom. The Bertz CT molecular complexity index is 390. The molecule has 0 aromatic heterocycles. The first kappa shape index (κ1) is 11.0. The summed E-state index contributed by atoms with van der Waals surface area (Å²) in [5.74, 6) is -3.45. The number of rotatable bonds is 4. The van der Waals surface area contributed by atoms with Gasteiger partial charge in [0.1, 0.15) is 11.3 Å². The van der Waals surface area contributed by atoms with E-state index in [1.807, 2.05) is 0 Å². The molecule has 0 saturated heterocycles. The number of carboxylic acids is 2. The molecule has 2 N–H and O–H groups in total. The zero-order chi connectivity index (χ0) is 11.4. The Morgan fingerprint density at radius 3 is 2.40 bits per heavy atom. The van der Waals surface area contributed by atoms with Crippen LogP contribution in [0.25, 0.3) is 0 Å². The molecular formula is C9H7FO5. The zero-order valence-electron chi connectivity index (χ0n) is 7.38. The van der Waals surface area contributed by atoms with Gasteiger partial charge < -0.3 is 14.9 Å². The topological polar surface area (TPSA) is 83.8 Å². The van der Waals surface area contributed by atoms with Crippen molar-refractivity contribution in [2.24, 2.45) is 0 Å². The van der Waals surface area contributed by atoms with Crippen molar-refractivity contribution in [1.29, 1.82) is 0 Å². The largest absolute Gasteiger partial charge is 0.478 e. The van der Waals surface area contributed by atoms with Crippen LogP contribution in [0.3, 0.4) is 0 Å². The fourth-order valence-corrected chi connectivity index (χ4v) is 0.908. The third kappa shape index (κ3) is 2.67. The third-order valence-corrected chi connectivity index (χ3v) is 1.54. The van der Waals surface area contributed by atoms with Gasteiger partial charge in [0.05, 0.1) is 0 Å². The van der Waals surface area contributed by atoms with Crippen molar-refractivity contribution in [1.82, 2.24) is 0 Å². The van der Waals surface area contributed by atoms with Crippen LogP contribution in [0.4, 0.5) is 4.39 Å². The van der Waals surface area contributed by atoms with E-state index in [1.165, 1.54) is 24.3 Å². The predicted octanol–water partition coefficient (Wildman–Crippen LogP) is 1.14. The van der Waals surface area contributed by atoms with Gasteiger partial charge >= 0.3 is 18.3 Å². The smallest absolute Gasteiger partial charge is 0.378 e. The number of para-hydroxylation sites is 1. The predicted molar refractivity (Wildman–Crippen MR) is 46.6 cm³/mol. The van der Waals surface area contributed by atoms with Gasteiger partial charge in [0.15, 0.2) is 0 Å². The number of aromatic carboxylic acids is 1. The average Bonchev–Trinajstić information content (AvgIpc) is 2.18. The van der Waals surface area contributed by atoms with Crippen LogP contribution in [0.5, 0.6) is 5.75 Å². The van der Waals surface area contributed by atoms with Crippen LogP contribution in [-0.2, 0) is 4.79 Å². The number of alkyl halides is 1. The molecule has 0 aliphatic carbocycles. The molecule has 15 heavy (non-hydrogen) atoms. The van der Waals surface area contributed by atoms with Gasteiger partial charge in [-0.05, 0) is 12.1 Å². The van der Waals surface area contributed by atoms with E-state index in [-0.39, 0.29) is 11.3 Å². The van der Waals surface area contributed by atoms with Crippen LogP contribution in [-0.4, -0.2) is 28.5 Å². The molecule has 1 aromatic carbocycles. The minimum atomic E-state index is -2.58. The SMILES string of the molecule is O=C(O)c1ccccc1OC(F)C(=O)O. The van der Waals surface area contributed by atoms with Gasteiger partial charge in [-0.2, -0.15) is 4.39 Å². The Balaban J connectivity index is 2.94. The molecule has 5 nitrogen and oxygen atoms in total. The monoisotopic (exact) mass is 214 g/mol.